The van der Waals surface area contributed by atoms with Gasteiger partial charge < -0.3 is 5.73 Å². The maximum absolute atomic E-state index is 11.8. The van der Waals surface area contributed by atoms with Gasteiger partial charge in [-0.25, -0.2) is 8.42 Å². The zero-order valence-electron chi connectivity index (χ0n) is 10.1. The van der Waals surface area contributed by atoms with Crippen LogP contribution in [0.3, 0.4) is 0 Å². The van der Waals surface area contributed by atoms with E-state index in [1.165, 1.54) is 0 Å². The number of hydrogen-bond acceptors (Lipinski definition) is 3. The highest BCUT2D eigenvalue weighted by atomic mass is 79.9. The maximum atomic E-state index is 11.8. The lowest BCUT2D eigenvalue weighted by Crippen LogP contribution is -2.26. The van der Waals surface area contributed by atoms with E-state index in [1.807, 2.05) is 20.8 Å². The van der Waals surface area contributed by atoms with E-state index in [4.69, 9.17) is 5.73 Å². The average Bonchev–Trinajstić information content (AvgIpc) is 2.06. The van der Waals surface area contributed by atoms with Crippen molar-refractivity contribution < 1.29 is 8.42 Å². The number of halogens is 1. The summed E-state index contributed by atoms with van der Waals surface area (Å²) in [4.78, 5) is 0. The number of sulfonamides is 1. The van der Waals surface area contributed by atoms with Crippen molar-refractivity contribution in [2.45, 2.75) is 20.8 Å². The molecular weight excluding hydrogens is 304 g/mol. The number of nitrogens with two attached hydrogens (primary N) is 1. The normalized spacial score (nSPS) is 12.5. The Kier molecular flexibility index (Phi) is 4.09. The van der Waals surface area contributed by atoms with Gasteiger partial charge in [-0.1, -0.05) is 20.8 Å². The van der Waals surface area contributed by atoms with E-state index >= 15 is 0 Å². The minimum absolute atomic E-state index is 0.0654. The molecule has 0 saturated carbocycles. The van der Waals surface area contributed by atoms with Crippen LogP contribution < -0.4 is 10.5 Å². The summed E-state index contributed by atoms with van der Waals surface area (Å²) in [5.41, 5.74) is 6.38. The second-order valence-corrected chi connectivity index (χ2v) is 7.73. The third kappa shape index (κ3) is 4.95. The van der Waals surface area contributed by atoms with Crippen molar-refractivity contribution in [1.29, 1.82) is 0 Å². The quantitative estimate of drug-likeness (QED) is 0.841. The summed E-state index contributed by atoms with van der Waals surface area (Å²) in [5, 5.41) is 0. The molecule has 0 bridgehead atoms. The van der Waals surface area contributed by atoms with Gasteiger partial charge >= 0.3 is 0 Å². The number of benzene rings is 1. The van der Waals surface area contributed by atoms with Crippen molar-refractivity contribution in [1.82, 2.24) is 0 Å². The maximum Gasteiger partial charge on any atom is 0.233 e. The van der Waals surface area contributed by atoms with E-state index in [0.29, 0.717) is 11.4 Å². The molecule has 0 spiro atoms. The van der Waals surface area contributed by atoms with E-state index < -0.39 is 10.0 Å². The summed E-state index contributed by atoms with van der Waals surface area (Å²) in [5.74, 6) is 0.0654. The fourth-order valence-corrected chi connectivity index (χ4v) is 3.34. The van der Waals surface area contributed by atoms with Crippen LogP contribution in [0.4, 0.5) is 11.4 Å². The fourth-order valence-electron chi connectivity index (χ4n) is 1.39. The molecule has 0 atom stereocenters. The van der Waals surface area contributed by atoms with Crippen LogP contribution in [0, 0.1) is 5.41 Å². The summed E-state index contributed by atoms with van der Waals surface area (Å²) in [7, 11) is -3.34. The molecule has 0 unspecified atom stereocenters. The summed E-state index contributed by atoms with van der Waals surface area (Å²) >= 11 is 3.26. The molecule has 0 saturated heterocycles. The standard InChI is InChI=1S/C11H17BrN2O2S/c1-11(2,3)7-17(15,16)14-8-4-5-9(12)10(13)6-8/h4-6,14H,7,13H2,1-3H3. The Morgan fingerprint density at radius 1 is 1.35 bits per heavy atom. The minimum atomic E-state index is -3.34. The van der Waals surface area contributed by atoms with E-state index in [2.05, 4.69) is 20.7 Å². The van der Waals surface area contributed by atoms with Gasteiger partial charge in [0, 0.05) is 10.2 Å². The predicted molar refractivity (Wildman–Crippen MR) is 75.4 cm³/mol. The highest BCUT2D eigenvalue weighted by molar-refractivity contribution is 9.10. The lowest BCUT2D eigenvalue weighted by molar-refractivity contribution is 0.463. The second-order valence-electron chi connectivity index (χ2n) is 5.16. The third-order valence-corrected chi connectivity index (χ3v) is 4.41. The first-order valence-corrected chi connectivity index (χ1v) is 7.59. The van der Waals surface area contributed by atoms with Crippen LogP contribution in [0.15, 0.2) is 22.7 Å². The summed E-state index contributed by atoms with van der Waals surface area (Å²) in [6.45, 7) is 5.63. The molecule has 96 valence electrons. The molecule has 0 heterocycles. The SMILES string of the molecule is CC(C)(C)CS(=O)(=O)Nc1ccc(Br)c(N)c1. The van der Waals surface area contributed by atoms with Gasteiger partial charge in [-0.3, -0.25) is 4.72 Å². The lowest BCUT2D eigenvalue weighted by atomic mass is 10.0. The van der Waals surface area contributed by atoms with Gasteiger partial charge in [0.05, 0.1) is 11.4 Å². The Morgan fingerprint density at radius 2 is 1.94 bits per heavy atom. The van der Waals surface area contributed by atoms with Crippen molar-refractivity contribution >= 4 is 37.3 Å². The molecule has 0 aliphatic carbocycles. The van der Waals surface area contributed by atoms with Gasteiger partial charge in [-0.05, 0) is 39.5 Å². The smallest absolute Gasteiger partial charge is 0.233 e. The molecule has 0 radical (unpaired) electrons. The van der Waals surface area contributed by atoms with Crippen LogP contribution in [0.25, 0.3) is 0 Å². The summed E-state index contributed by atoms with van der Waals surface area (Å²) in [6.07, 6.45) is 0. The van der Waals surface area contributed by atoms with Gasteiger partial charge in [0.2, 0.25) is 10.0 Å². The molecule has 17 heavy (non-hydrogen) atoms. The number of hydrogen-bond donors (Lipinski definition) is 2. The van der Waals surface area contributed by atoms with Gasteiger partial charge in [0.25, 0.3) is 0 Å². The monoisotopic (exact) mass is 320 g/mol. The lowest BCUT2D eigenvalue weighted by Gasteiger charge is -2.19. The van der Waals surface area contributed by atoms with Crippen LogP contribution in [-0.2, 0) is 10.0 Å². The number of nitrogen functional groups attached to an aromatic ring is 1. The molecule has 1 aromatic rings. The fraction of sp³-hybridized carbons (Fsp3) is 0.455. The topological polar surface area (TPSA) is 72.2 Å². The summed E-state index contributed by atoms with van der Waals surface area (Å²) < 4.78 is 27.0. The number of nitrogens with one attached hydrogen (secondary N) is 1. The zero-order valence-corrected chi connectivity index (χ0v) is 12.5. The Balaban J connectivity index is 2.87. The molecule has 1 aromatic carbocycles. The van der Waals surface area contributed by atoms with E-state index in [-0.39, 0.29) is 11.2 Å². The van der Waals surface area contributed by atoms with Crippen molar-refractivity contribution in [3.05, 3.63) is 22.7 Å². The van der Waals surface area contributed by atoms with Gasteiger partial charge in [0.15, 0.2) is 0 Å². The van der Waals surface area contributed by atoms with Gasteiger partial charge in [-0.15, -0.1) is 0 Å². The average molecular weight is 321 g/mol. The second kappa shape index (κ2) is 4.86. The first-order valence-electron chi connectivity index (χ1n) is 5.15. The molecule has 4 nitrogen and oxygen atoms in total. The van der Waals surface area contributed by atoms with E-state index in [9.17, 15) is 8.42 Å². The van der Waals surface area contributed by atoms with Crippen molar-refractivity contribution in [2.75, 3.05) is 16.2 Å². The Hall–Kier alpha value is -0.750. The number of rotatable bonds is 3. The van der Waals surface area contributed by atoms with Crippen LogP contribution in [-0.4, -0.2) is 14.2 Å². The molecule has 0 aliphatic rings. The third-order valence-electron chi connectivity index (χ3n) is 1.89. The molecule has 6 heteroatoms. The summed E-state index contributed by atoms with van der Waals surface area (Å²) in [6, 6.07) is 4.97. The Labute approximate surface area is 111 Å². The van der Waals surface area contributed by atoms with Crippen molar-refractivity contribution in [3.63, 3.8) is 0 Å². The Bertz CT molecular complexity index is 507. The predicted octanol–water partition coefficient (Wildman–Crippen LogP) is 2.82. The first kappa shape index (κ1) is 14.3. The van der Waals surface area contributed by atoms with Crippen LogP contribution in [0.5, 0.6) is 0 Å². The largest absolute Gasteiger partial charge is 0.398 e. The van der Waals surface area contributed by atoms with Gasteiger partial charge in [-0.2, -0.15) is 0 Å². The molecule has 0 aromatic heterocycles. The molecule has 0 aliphatic heterocycles. The van der Waals surface area contributed by atoms with Crippen LogP contribution in [0.1, 0.15) is 20.8 Å². The van der Waals surface area contributed by atoms with E-state index in [0.717, 1.165) is 4.47 Å². The highest BCUT2D eigenvalue weighted by Gasteiger charge is 2.21. The minimum Gasteiger partial charge on any atom is -0.398 e. The first-order chi connectivity index (χ1) is 7.59. The Morgan fingerprint density at radius 3 is 2.41 bits per heavy atom. The number of anilines is 2. The molecule has 3 N–H and O–H groups in total. The van der Waals surface area contributed by atoms with E-state index in [1.54, 1.807) is 18.2 Å². The van der Waals surface area contributed by atoms with Gasteiger partial charge in [0.1, 0.15) is 0 Å². The molecule has 0 amide bonds. The van der Waals surface area contributed by atoms with Crippen LogP contribution >= 0.6 is 15.9 Å². The zero-order chi connectivity index (χ0) is 13.3. The molecule has 1 rings (SSSR count). The molecular formula is C11H17BrN2O2S. The van der Waals surface area contributed by atoms with Crippen molar-refractivity contribution in [2.24, 2.45) is 5.41 Å². The van der Waals surface area contributed by atoms with Crippen LogP contribution in [0.2, 0.25) is 0 Å². The highest BCUT2D eigenvalue weighted by Crippen LogP contribution is 2.24. The molecule has 0 fully saturated rings. The van der Waals surface area contributed by atoms with Crippen molar-refractivity contribution in [3.8, 4) is 0 Å².